The lowest BCUT2D eigenvalue weighted by Crippen LogP contribution is -2.32. The lowest BCUT2D eigenvalue weighted by Gasteiger charge is -1.97. The van der Waals surface area contributed by atoms with Gasteiger partial charge in [0.2, 0.25) is 0 Å². The molecule has 0 N–H and O–H groups in total. The number of aromatic nitrogens is 1. The highest BCUT2D eigenvalue weighted by molar-refractivity contribution is 5.31. The van der Waals surface area contributed by atoms with Crippen molar-refractivity contribution in [3.63, 3.8) is 0 Å². The van der Waals surface area contributed by atoms with Crippen molar-refractivity contribution >= 4 is 0 Å². The fourth-order valence-corrected chi connectivity index (χ4v) is 1.44. The Morgan fingerprint density at radius 2 is 1.67 bits per heavy atom. The monoisotopic (exact) mass is 195 g/mol. The Balaban J connectivity index is 2.16. The van der Waals surface area contributed by atoms with Crippen molar-refractivity contribution in [1.29, 1.82) is 5.26 Å². The number of hydrogen-bond donors (Lipinski definition) is 0. The highest BCUT2D eigenvalue weighted by Crippen LogP contribution is 2.02. The Morgan fingerprint density at radius 3 is 2.27 bits per heavy atom. The summed E-state index contributed by atoms with van der Waals surface area (Å²) in [5, 5.41) is 8.66. The Kier molecular flexibility index (Phi) is 2.75. The third-order valence-electron chi connectivity index (χ3n) is 2.23. The molecule has 1 aromatic heterocycles. The van der Waals surface area contributed by atoms with Gasteiger partial charge in [-0.2, -0.15) is 5.26 Å². The van der Waals surface area contributed by atoms with Crippen molar-refractivity contribution in [2.75, 3.05) is 0 Å². The molecule has 0 radical (unpaired) electrons. The SMILES string of the molecule is N#Cc1ccc(C[n+]2ccccc2)cc1. The molecule has 0 atom stereocenters. The van der Waals surface area contributed by atoms with Gasteiger partial charge in [0.05, 0.1) is 11.6 Å². The summed E-state index contributed by atoms with van der Waals surface area (Å²) < 4.78 is 2.10. The molecule has 0 aliphatic carbocycles. The van der Waals surface area contributed by atoms with Crippen LogP contribution in [0.3, 0.4) is 0 Å². The molecule has 0 spiro atoms. The minimum atomic E-state index is 0.705. The highest BCUT2D eigenvalue weighted by Gasteiger charge is 2.00. The third kappa shape index (κ3) is 2.41. The van der Waals surface area contributed by atoms with Gasteiger partial charge in [0.25, 0.3) is 0 Å². The van der Waals surface area contributed by atoms with E-state index in [9.17, 15) is 0 Å². The van der Waals surface area contributed by atoms with E-state index in [0.29, 0.717) is 5.56 Å². The zero-order valence-electron chi connectivity index (χ0n) is 8.30. The molecular weight excluding hydrogens is 184 g/mol. The van der Waals surface area contributed by atoms with Crippen LogP contribution in [-0.2, 0) is 6.54 Å². The molecule has 0 bridgehead atoms. The van der Waals surface area contributed by atoms with E-state index >= 15 is 0 Å². The molecule has 0 saturated carbocycles. The van der Waals surface area contributed by atoms with E-state index in [4.69, 9.17) is 5.26 Å². The summed E-state index contributed by atoms with van der Waals surface area (Å²) in [6.07, 6.45) is 4.05. The first-order chi connectivity index (χ1) is 7.38. The molecule has 15 heavy (non-hydrogen) atoms. The lowest BCUT2D eigenvalue weighted by atomic mass is 10.1. The van der Waals surface area contributed by atoms with Gasteiger partial charge in [0.1, 0.15) is 0 Å². The Bertz CT molecular complexity index is 466. The molecule has 2 rings (SSSR count). The molecule has 0 amide bonds. The summed E-state index contributed by atoms with van der Waals surface area (Å²) in [6.45, 7) is 0.840. The molecule has 1 aromatic carbocycles. The van der Waals surface area contributed by atoms with E-state index in [-0.39, 0.29) is 0 Å². The highest BCUT2D eigenvalue weighted by atomic mass is 14.9. The molecule has 0 unspecified atom stereocenters. The smallest absolute Gasteiger partial charge is 0.173 e. The molecule has 2 aromatic rings. The van der Waals surface area contributed by atoms with Gasteiger partial charge in [-0.05, 0) is 12.1 Å². The molecule has 0 fully saturated rings. The molecule has 1 heterocycles. The second-order valence-corrected chi connectivity index (χ2v) is 3.36. The first-order valence-electron chi connectivity index (χ1n) is 4.81. The van der Waals surface area contributed by atoms with Crippen LogP contribution < -0.4 is 4.57 Å². The van der Waals surface area contributed by atoms with Gasteiger partial charge in [-0.25, -0.2) is 4.57 Å². The number of nitrogens with zero attached hydrogens (tertiary/aromatic N) is 2. The fraction of sp³-hybridized carbons (Fsp3) is 0.0769. The van der Waals surface area contributed by atoms with Crippen LogP contribution in [0, 0.1) is 11.3 Å². The Hall–Kier alpha value is -2.14. The molecule has 2 nitrogen and oxygen atoms in total. The molecule has 0 aliphatic heterocycles. The average Bonchev–Trinajstić information content (AvgIpc) is 2.31. The maximum Gasteiger partial charge on any atom is 0.173 e. The quantitative estimate of drug-likeness (QED) is 0.672. The van der Waals surface area contributed by atoms with Gasteiger partial charge in [0, 0.05) is 17.7 Å². The van der Waals surface area contributed by atoms with E-state index in [1.807, 2.05) is 54.9 Å². The predicted octanol–water partition coefficient (Wildman–Crippen LogP) is 1.89. The summed E-state index contributed by atoms with van der Waals surface area (Å²) in [5.41, 5.74) is 1.90. The van der Waals surface area contributed by atoms with Crippen molar-refractivity contribution in [2.45, 2.75) is 6.54 Å². The predicted molar refractivity (Wildman–Crippen MR) is 56.9 cm³/mol. The molecule has 0 saturated heterocycles. The van der Waals surface area contributed by atoms with Crippen molar-refractivity contribution in [3.8, 4) is 6.07 Å². The molecular formula is C13H11N2+. The van der Waals surface area contributed by atoms with E-state index in [2.05, 4.69) is 10.6 Å². The summed E-state index contributed by atoms with van der Waals surface area (Å²) in [6, 6.07) is 15.8. The summed E-state index contributed by atoms with van der Waals surface area (Å²) >= 11 is 0. The number of benzene rings is 1. The number of nitriles is 1. The fourth-order valence-electron chi connectivity index (χ4n) is 1.44. The normalized spacial score (nSPS) is 9.53. The summed E-state index contributed by atoms with van der Waals surface area (Å²) in [5.74, 6) is 0. The zero-order valence-corrected chi connectivity index (χ0v) is 8.30. The van der Waals surface area contributed by atoms with E-state index in [0.717, 1.165) is 6.54 Å². The van der Waals surface area contributed by atoms with Gasteiger partial charge in [-0.1, -0.05) is 18.2 Å². The minimum absolute atomic E-state index is 0.705. The largest absolute Gasteiger partial charge is 0.201 e. The van der Waals surface area contributed by atoms with Crippen LogP contribution in [0.4, 0.5) is 0 Å². The average molecular weight is 195 g/mol. The molecule has 2 heteroatoms. The van der Waals surface area contributed by atoms with Crippen LogP contribution in [0.2, 0.25) is 0 Å². The van der Waals surface area contributed by atoms with Crippen molar-refractivity contribution in [3.05, 3.63) is 66.0 Å². The van der Waals surface area contributed by atoms with Gasteiger partial charge in [-0.3, -0.25) is 0 Å². The Labute approximate surface area is 89.0 Å². The van der Waals surface area contributed by atoms with Gasteiger partial charge < -0.3 is 0 Å². The van der Waals surface area contributed by atoms with E-state index in [1.54, 1.807) is 0 Å². The lowest BCUT2D eigenvalue weighted by molar-refractivity contribution is -0.688. The van der Waals surface area contributed by atoms with E-state index < -0.39 is 0 Å². The second kappa shape index (κ2) is 4.39. The summed E-state index contributed by atoms with van der Waals surface area (Å²) in [4.78, 5) is 0. The van der Waals surface area contributed by atoms with Crippen LogP contribution in [0.25, 0.3) is 0 Å². The zero-order chi connectivity index (χ0) is 10.5. The topological polar surface area (TPSA) is 27.7 Å². The maximum atomic E-state index is 8.66. The van der Waals surface area contributed by atoms with Crippen LogP contribution in [0.15, 0.2) is 54.9 Å². The van der Waals surface area contributed by atoms with Crippen LogP contribution in [-0.4, -0.2) is 0 Å². The maximum absolute atomic E-state index is 8.66. The number of hydrogen-bond acceptors (Lipinski definition) is 1. The van der Waals surface area contributed by atoms with Gasteiger partial charge in [0.15, 0.2) is 18.9 Å². The van der Waals surface area contributed by atoms with Crippen LogP contribution in [0.5, 0.6) is 0 Å². The van der Waals surface area contributed by atoms with Crippen LogP contribution in [0.1, 0.15) is 11.1 Å². The van der Waals surface area contributed by atoms with Crippen molar-refractivity contribution in [2.24, 2.45) is 0 Å². The third-order valence-corrected chi connectivity index (χ3v) is 2.23. The molecule has 0 aliphatic rings. The first kappa shape index (κ1) is 9.42. The van der Waals surface area contributed by atoms with E-state index in [1.165, 1.54) is 5.56 Å². The van der Waals surface area contributed by atoms with Crippen molar-refractivity contribution in [1.82, 2.24) is 0 Å². The summed E-state index contributed by atoms with van der Waals surface area (Å²) in [7, 11) is 0. The number of rotatable bonds is 2. The Morgan fingerprint density at radius 1 is 1.00 bits per heavy atom. The van der Waals surface area contributed by atoms with Crippen LogP contribution >= 0.6 is 0 Å². The number of pyridine rings is 1. The molecule has 72 valence electrons. The van der Waals surface area contributed by atoms with Crippen molar-refractivity contribution < 1.29 is 4.57 Å². The van der Waals surface area contributed by atoms with Gasteiger partial charge >= 0.3 is 0 Å². The first-order valence-corrected chi connectivity index (χ1v) is 4.81. The standard InChI is InChI=1S/C13H11N2/c14-10-12-4-6-13(7-5-12)11-15-8-2-1-3-9-15/h1-9H,11H2/q+1. The minimum Gasteiger partial charge on any atom is -0.201 e. The second-order valence-electron chi connectivity index (χ2n) is 3.36. The van der Waals surface area contributed by atoms with Gasteiger partial charge in [-0.15, -0.1) is 0 Å².